The number of carbonyl (C=O) groups excluding carboxylic acids is 2. The van der Waals surface area contributed by atoms with E-state index in [9.17, 15) is 9.59 Å². The van der Waals surface area contributed by atoms with Crippen molar-refractivity contribution in [2.45, 2.75) is 12.5 Å². The van der Waals surface area contributed by atoms with Crippen molar-refractivity contribution in [3.8, 4) is 0 Å². The van der Waals surface area contributed by atoms with E-state index in [0.717, 1.165) is 22.3 Å². The molecule has 0 spiro atoms. The highest BCUT2D eigenvalue weighted by Crippen LogP contribution is 2.41. The Morgan fingerprint density at radius 2 is 1.47 bits per heavy atom. The third-order valence-corrected chi connectivity index (χ3v) is 6.75. The van der Waals surface area contributed by atoms with E-state index in [4.69, 9.17) is 17.0 Å². The van der Waals surface area contributed by atoms with Gasteiger partial charge in [-0.05, 0) is 16.7 Å². The predicted octanol–water partition coefficient (Wildman–Crippen LogP) is 5.65. The Morgan fingerprint density at radius 3 is 2.00 bits per heavy atom. The van der Waals surface area contributed by atoms with Crippen LogP contribution in [0.2, 0.25) is 0 Å². The van der Waals surface area contributed by atoms with Gasteiger partial charge in [-0.2, -0.15) is 0 Å². The van der Waals surface area contributed by atoms with Gasteiger partial charge in [-0.1, -0.05) is 128 Å². The molecule has 34 heavy (non-hydrogen) atoms. The molecule has 1 amide bonds. The van der Waals surface area contributed by atoms with Gasteiger partial charge in [0.25, 0.3) is 5.91 Å². The number of thioether (sulfide) groups is 1. The van der Waals surface area contributed by atoms with Crippen LogP contribution in [-0.4, -0.2) is 33.7 Å². The number of esters is 1. The van der Waals surface area contributed by atoms with Gasteiger partial charge in [0.05, 0.1) is 4.91 Å². The van der Waals surface area contributed by atoms with E-state index in [-0.39, 0.29) is 12.5 Å². The van der Waals surface area contributed by atoms with Crippen LogP contribution in [-0.2, 0) is 20.7 Å². The minimum atomic E-state index is -0.875. The first-order valence-electron chi connectivity index (χ1n) is 10.8. The van der Waals surface area contributed by atoms with Crippen molar-refractivity contribution < 1.29 is 14.3 Å². The first-order chi connectivity index (χ1) is 16.6. The molecule has 0 bridgehead atoms. The minimum Gasteiger partial charge on any atom is -0.460 e. The maximum absolute atomic E-state index is 13.8. The van der Waals surface area contributed by atoms with Crippen LogP contribution in [0.3, 0.4) is 0 Å². The molecule has 6 heteroatoms. The number of nitrogens with zero attached hydrogens (tertiary/aromatic N) is 1. The second-order valence-electron chi connectivity index (χ2n) is 7.60. The molecule has 0 aromatic heterocycles. The van der Waals surface area contributed by atoms with Gasteiger partial charge in [-0.25, -0.2) is 4.79 Å². The molecule has 170 valence electrons. The molecular weight excluding hydrogens is 462 g/mol. The molecule has 1 aliphatic heterocycles. The molecule has 0 saturated carbocycles. The second-order valence-corrected chi connectivity index (χ2v) is 9.25. The third kappa shape index (κ3) is 5.19. The Morgan fingerprint density at radius 1 is 0.941 bits per heavy atom. The summed E-state index contributed by atoms with van der Waals surface area (Å²) < 4.78 is 5.70. The van der Waals surface area contributed by atoms with Crippen molar-refractivity contribution in [2.24, 2.45) is 0 Å². The summed E-state index contributed by atoms with van der Waals surface area (Å²) in [7, 11) is 0. The van der Waals surface area contributed by atoms with Gasteiger partial charge < -0.3 is 4.74 Å². The summed E-state index contributed by atoms with van der Waals surface area (Å²) >= 11 is 6.86. The summed E-state index contributed by atoms with van der Waals surface area (Å²) in [5.41, 5.74) is 3.51. The average molecular weight is 486 g/mol. The molecule has 0 N–H and O–H groups in total. The number of rotatable bonds is 8. The van der Waals surface area contributed by atoms with Crippen molar-refractivity contribution in [1.82, 2.24) is 4.90 Å². The van der Waals surface area contributed by atoms with Crippen LogP contribution < -0.4 is 0 Å². The first kappa shape index (κ1) is 23.7. The van der Waals surface area contributed by atoms with Crippen molar-refractivity contribution in [3.63, 3.8) is 0 Å². The van der Waals surface area contributed by atoms with E-state index in [1.807, 2.05) is 91.0 Å². The van der Waals surface area contributed by atoms with Crippen LogP contribution in [0.1, 0.15) is 16.7 Å². The number of carbonyl (C=O) groups is 2. The van der Waals surface area contributed by atoms with E-state index >= 15 is 0 Å². The largest absolute Gasteiger partial charge is 0.460 e. The summed E-state index contributed by atoms with van der Waals surface area (Å²) in [6.45, 7) is 3.67. The SMILES string of the molecule is C=CCOC(=O)[C@H](Cc1ccccc1)N1C(=O)C(=C(c2ccccc2)c2ccccc2)SC1=S. The summed E-state index contributed by atoms with van der Waals surface area (Å²) in [4.78, 5) is 28.8. The fraction of sp³-hybridized carbons (Fsp3) is 0.107. The number of thiocarbonyl (C=S) groups is 1. The van der Waals surface area contributed by atoms with E-state index in [0.29, 0.717) is 15.6 Å². The molecule has 3 aromatic rings. The molecule has 1 atom stereocenters. The van der Waals surface area contributed by atoms with Crippen molar-refractivity contribution >= 4 is 45.7 Å². The van der Waals surface area contributed by atoms with Crippen molar-refractivity contribution in [3.05, 3.63) is 125 Å². The van der Waals surface area contributed by atoms with Gasteiger partial charge in [-0.3, -0.25) is 9.69 Å². The van der Waals surface area contributed by atoms with Crippen LogP contribution in [0.15, 0.2) is 109 Å². The highest BCUT2D eigenvalue weighted by atomic mass is 32.2. The standard InChI is InChI=1S/C28H23NO3S2/c1-2-18-32-27(31)23(19-20-12-6-3-7-13-20)29-26(30)25(34-28(29)33)24(21-14-8-4-9-15-21)22-16-10-5-11-17-22/h2-17,23H,1,18-19H2/t23-/m0/s1. The summed E-state index contributed by atoms with van der Waals surface area (Å²) in [6, 6.07) is 28.1. The quantitative estimate of drug-likeness (QED) is 0.179. The lowest BCUT2D eigenvalue weighted by Crippen LogP contribution is -2.46. The van der Waals surface area contributed by atoms with Gasteiger partial charge in [0, 0.05) is 12.0 Å². The second kappa shape index (κ2) is 11.1. The number of ether oxygens (including phenoxy) is 1. The van der Waals surface area contributed by atoms with E-state index in [1.165, 1.54) is 22.7 Å². The molecular formula is C28H23NO3S2. The molecule has 1 heterocycles. The number of hydrogen-bond donors (Lipinski definition) is 0. The summed E-state index contributed by atoms with van der Waals surface area (Å²) in [5.74, 6) is -0.809. The highest BCUT2D eigenvalue weighted by Gasteiger charge is 2.42. The van der Waals surface area contributed by atoms with Crippen LogP contribution >= 0.6 is 24.0 Å². The number of hydrogen-bond acceptors (Lipinski definition) is 5. The lowest BCUT2D eigenvalue weighted by Gasteiger charge is -2.25. The zero-order valence-electron chi connectivity index (χ0n) is 18.4. The normalized spacial score (nSPS) is 14.1. The zero-order chi connectivity index (χ0) is 23.9. The predicted molar refractivity (Wildman–Crippen MR) is 141 cm³/mol. The van der Waals surface area contributed by atoms with Crippen molar-refractivity contribution in [2.75, 3.05) is 6.61 Å². The topological polar surface area (TPSA) is 46.6 Å². The number of amides is 1. The maximum Gasteiger partial charge on any atom is 0.329 e. The van der Waals surface area contributed by atoms with Gasteiger partial charge in [-0.15, -0.1) is 0 Å². The molecule has 0 aliphatic carbocycles. The van der Waals surface area contributed by atoms with Crippen LogP contribution in [0.5, 0.6) is 0 Å². The smallest absolute Gasteiger partial charge is 0.329 e. The lowest BCUT2D eigenvalue weighted by molar-refractivity contribution is -0.149. The fourth-order valence-corrected chi connectivity index (χ4v) is 5.26. The molecule has 1 aliphatic rings. The van der Waals surface area contributed by atoms with Gasteiger partial charge in [0.15, 0.2) is 0 Å². The van der Waals surface area contributed by atoms with Gasteiger partial charge in [0.2, 0.25) is 0 Å². The Bertz CT molecular complexity index is 1180. The molecule has 3 aromatic carbocycles. The number of benzene rings is 3. The minimum absolute atomic E-state index is 0.0635. The van der Waals surface area contributed by atoms with Crippen LogP contribution in [0.4, 0.5) is 0 Å². The summed E-state index contributed by atoms with van der Waals surface area (Å²) in [5, 5.41) is 0. The fourth-order valence-electron chi connectivity index (χ4n) is 3.79. The highest BCUT2D eigenvalue weighted by molar-refractivity contribution is 8.26. The Kier molecular flexibility index (Phi) is 7.72. The molecule has 1 saturated heterocycles. The molecule has 0 radical (unpaired) electrons. The Hall–Kier alpha value is -3.48. The zero-order valence-corrected chi connectivity index (χ0v) is 20.1. The molecule has 1 fully saturated rings. The molecule has 0 unspecified atom stereocenters. The summed E-state index contributed by atoms with van der Waals surface area (Å²) in [6.07, 6.45) is 1.80. The van der Waals surface area contributed by atoms with Gasteiger partial charge >= 0.3 is 5.97 Å². The molecule has 4 rings (SSSR count). The molecule has 4 nitrogen and oxygen atoms in total. The van der Waals surface area contributed by atoms with E-state index < -0.39 is 12.0 Å². The average Bonchev–Trinajstić information content (AvgIpc) is 3.16. The Balaban J connectivity index is 1.78. The maximum atomic E-state index is 13.8. The Labute approximate surface area is 208 Å². The van der Waals surface area contributed by atoms with Gasteiger partial charge in [0.1, 0.15) is 17.0 Å². The third-order valence-electron chi connectivity index (χ3n) is 5.35. The van der Waals surface area contributed by atoms with Crippen molar-refractivity contribution in [1.29, 1.82) is 0 Å². The van der Waals surface area contributed by atoms with Crippen LogP contribution in [0.25, 0.3) is 5.57 Å². The monoisotopic (exact) mass is 485 g/mol. The van der Waals surface area contributed by atoms with Crippen LogP contribution in [0, 0.1) is 0 Å². The lowest BCUT2D eigenvalue weighted by atomic mass is 9.97. The van der Waals surface area contributed by atoms with E-state index in [2.05, 4.69) is 6.58 Å². The van der Waals surface area contributed by atoms with E-state index in [1.54, 1.807) is 0 Å². The first-order valence-corrected chi connectivity index (χ1v) is 12.0.